The standard InChI is InChI=1S/C20H24O12/c1-9(21)27-8-16-17(28-10(2)22)18(29-11(3)23)19(30-12(4)24)20(32-16)31-15-6-5-13(25)7-14(15)26/h5-7,16-20,25-26H,8H2,1-4H3/t16-,17-,18+,19-,20-/m1/s1. The van der Waals surface area contributed by atoms with Crippen LogP contribution in [0.1, 0.15) is 27.7 Å². The molecule has 0 aliphatic carbocycles. The summed E-state index contributed by atoms with van der Waals surface area (Å²) in [5.41, 5.74) is 0. The van der Waals surface area contributed by atoms with Crippen molar-refractivity contribution < 1.29 is 57.8 Å². The maximum absolute atomic E-state index is 11.8. The third-order valence-electron chi connectivity index (χ3n) is 4.13. The lowest BCUT2D eigenvalue weighted by Crippen LogP contribution is -2.63. The van der Waals surface area contributed by atoms with E-state index in [2.05, 4.69) is 0 Å². The van der Waals surface area contributed by atoms with Gasteiger partial charge in [0.05, 0.1) is 0 Å². The van der Waals surface area contributed by atoms with Gasteiger partial charge in [-0.05, 0) is 12.1 Å². The van der Waals surface area contributed by atoms with Gasteiger partial charge in [-0.1, -0.05) is 0 Å². The fourth-order valence-electron chi connectivity index (χ4n) is 3.01. The third kappa shape index (κ3) is 6.74. The number of hydrogen-bond acceptors (Lipinski definition) is 12. The van der Waals surface area contributed by atoms with Crippen LogP contribution in [0.25, 0.3) is 0 Å². The predicted molar refractivity (Wildman–Crippen MR) is 102 cm³/mol. The first-order valence-electron chi connectivity index (χ1n) is 9.47. The molecule has 5 atom stereocenters. The largest absolute Gasteiger partial charge is 0.508 e. The molecule has 176 valence electrons. The van der Waals surface area contributed by atoms with E-state index in [9.17, 15) is 29.4 Å². The Bertz CT molecular complexity index is 866. The molecule has 0 radical (unpaired) electrons. The fraction of sp³-hybridized carbons (Fsp3) is 0.500. The second kappa shape index (κ2) is 10.7. The Kier molecular flexibility index (Phi) is 8.24. The summed E-state index contributed by atoms with van der Waals surface area (Å²) >= 11 is 0. The predicted octanol–water partition coefficient (Wildman–Crippen LogP) is 0.560. The number of phenolic OH excluding ortho intramolecular Hbond substituents is 2. The normalized spacial score (nSPS) is 24.7. The molecule has 12 nitrogen and oxygen atoms in total. The van der Waals surface area contributed by atoms with Crippen LogP contribution in [0.15, 0.2) is 18.2 Å². The number of aromatic hydroxyl groups is 2. The van der Waals surface area contributed by atoms with Crippen molar-refractivity contribution in [2.75, 3.05) is 6.61 Å². The second-order valence-corrected chi connectivity index (χ2v) is 6.84. The Morgan fingerprint density at radius 1 is 0.844 bits per heavy atom. The highest BCUT2D eigenvalue weighted by Gasteiger charge is 2.53. The molecule has 1 aliphatic rings. The van der Waals surface area contributed by atoms with Gasteiger partial charge in [-0.2, -0.15) is 0 Å². The van der Waals surface area contributed by atoms with Crippen LogP contribution in [-0.2, 0) is 42.9 Å². The van der Waals surface area contributed by atoms with E-state index in [-0.39, 0.29) is 11.5 Å². The van der Waals surface area contributed by atoms with Crippen molar-refractivity contribution in [2.24, 2.45) is 0 Å². The Balaban J connectivity index is 2.47. The maximum atomic E-state index is 11.8. The molecule has 0 saturated carbocycles. The number of ether oxygens (including phenoxy) is 6. The van der Waals surface area contributed by atoms with Gasteiger partial charge < -0.3 is 38.6 Å². The molecule has 1 aromatic rings. The van der Waals surface area contributed by atoms with Crippen molar-refractivity contribution in [1.82, 2.24) is 0 Å². The van der Waals surface area contributed by atoms with Crippen LogP contribution in [0.3, 0.4) is 0 Å². The summed E-state index contributed by atoms with van der Waals surface area (Å²) < 4.78 is 32.1. The van der Waals surface area contributed by atoms with E-state index in [1.54, 1.807) is 0 Å². The van der Waals surface area contributed by atoms with Gasteiger partial charge in [-0.25, -0.2) is 0 Å². The minimum Gasteiger partial charge on any atom is -0.508 e. The smallest absolute Gasteiger partial charge is 0.303 e. The molecule has 12 heteroatoms. The minimum absolute atomic E-state index is 0.163. The fourth-order valence-corrected chi connectivity index (χ4v) is 3.01. The molecule has 0 aromatic heterocycles. The molecule has 0 amide bonds. The van der Waals surface area contributed by atoms with Crippen molar-refractivity contribution in [3.05, 3.63) is 18.2 Å². The molecule has 0 spiro atoms. The highest BCUT2D eigenvalue weighted by molar-refractivity contribution is 5.68. The van der Waals surface area contributed by atoms with Gasteiger partial charge in [-0.15, -0.1) is 0 Å². The minimum atomic E-state index is -1.49. The zero-order chi connectivity index (χ0) is 24.0. The van der Waals surface area contributed by atoms with Crippen LogP contribution in [-0.4, -0.2) is 71.4 Å². The summed E-state index contributed by atoms with van der Waals surface area (Å²) in [6, 6.07) is 3.44. The highest BCUT2D eigenvalue weighted by atomic mass is 16.7. The number of hydrogen-bond donors (Lipinski definition) is 2. The highest BCUT2D eigenvalue weighted by Crippen LogP contribution is 2.35. The van der Waals surface area contributed by atoms with E-state index in [1.807, 2.05) is 0 Å². The molecule has 2 rings (SSSR count). The van der Waals surface area contributed by atoms with Crippen LogP contribution in [0.5, 0.6) is 17.2 Å². The zero-order valence-corrected chi connectivity index (χ0v) is 17.8. The number of carbonyl (C=O) groups is 4. The van der Waals surface area contributed by atoms with Crippen LogP contribution in [0.4, 0.5) is 0 Å². The van der Waals surface area contributed by atoms with Crippen LogP contribution >= 0.6 is 0 Å². The number of esters is 4. The van der Waals surface area contributed by atoms with E-state index in [4.69, 9.17) is 28.4 Å². The van der Waals surface area contributed by atoms with E-state index < -0.39 is 66.9 Å². The lowest BCUT2D eigenvalue weighted by molar-refractivity contribution is -0.288. The summed E-state index contributed by atoms with van der Waals surface area (Å²) in [6.07, 6.45) is -6.86. The Morgan fingerprint density at radius 2 is 1.41 bits per heavy atom. The van der Waals surface area contributed by atoms with E-state index >= 15 is 0 Å². The number of benzene rings is 1. The third-order valence-corrected chi connectivity index (χ3v) is 4.13. The summed E-state index contributed by atoms with van der Waals surface area (Å²) in [5.74, 6) is -3.86. The van der Waals surface area contributed by atoms with Gasteiger partial charge in [0.25, 0.3) is 0 Å². The van der Waals surface area contributed by atoms with Crippen LogP contribution < -0.4 is 4.74 Å². The molecule has 0 bridgehead atoms. The maximum Gasteiger partial charge on any atom is 0.303 e. The first-order valence-corrected chi connectivity index (χ1v) is 9.47. The van der Waals surface area contributed by atoms with Crippen molar-refractivity contribution in [3.8, 4) is 17.2 Å². The molecule has 0 unspecified atom stereocenters. The molecular formula is C20H24O12. The molecule has 2 N–H and O–H groups in total. The summed E-state index contributed by atoms with van der Waals surface area (Å²) in [4.78, 5) is 46.5. The van der Waals surface area contributed by atoms with Gasteiger partial charge in [0, 0.05) is 33.8 Å². The average molecular weight is 456 g/mol. The summed E-state index contributed by atoms with van der Waals surface area (Å²) in [5, 5.41) is 19.5. The zero-order valence-electron chi connectivity index (χ0n) is 17.8. The van der Waals surface area contributed by atoms with E-state index in [1.165, 1.54) is 12.1 Å². The van der Waals surface area contributed by atoms with Gasteiger partial charge in [0.2, 0.25) is 12.4 Å². The summed E-state index contributed by atoms with van der Waals surface area (Å²) in [7, 11) is 0. The number of phenols is 2. The number of rotatable bonds is 7. The monoisotopic (exact) mass is 456 g/mol. The quantitative estimate of drug-likeness (QED) is 0.433. The number of carbonyl (C=O) groups excluding carboxylic acids is 4. The molecule has 1 saturated heterocycles. The molecule has 1 aromatic carbocycles. The van der Waals surface area contributed by atoms with Gasteiger partial charge in [-0.3, -0.25) is 19.2 Å². The van der Waals surface area contributed by atoms with Crippen LogP contribution in [0, 0.1) is 0 Å². The molecule has 1 heterocycles. The topological polar surface area (TPSA) is 164 Å². The Labute approximate surface area is 182 Å². The van der Waals surface area contributed by atoms with Crippen molar-refractivity contribution in [1.29, 1.82) is 0 Å². The lowest BCUT2D eigenvalue weighted by Gasteiger charge is -2.43. The Hall–Kier alpha value is -3.54. The second-order valence-electron chi connectivity index (χ2n) is 6.84. The van der Waals surface area contributed by atoms with Crippen LogP contribution in [0.2, 0.25) is 0 Å². The SMILES string of the molecule is CC(=O)OC[C@H]1O[C@@H](Oc2ccc(O)cc2O)[C@H](OC(C)=O)[C@@H](OC(C)=O)[C@@H]1OC(C)=O. The van der Waals surface area contributed by atoms with Crippen molar-refractivity contribution >= 4 is 23.9 Å². The first kappa shape index (κ1) is 24.7. The van der Waals surface area contributed by atoms with Crippen molar-refractivity contribution in [3.63, 3.8) is 0 Å². The average Bonchev–Trinajstić information content (AvgIpc) is 2.65. The summed E-state index contributed by atoms with van der Waals surface area (Å²) in [6.45, 7) is 4.02. The molecule has 1 fully saturated rings. The van der Waals surface area contributed by atoms with Gasteiger partial charge in [0.1, 0.15) is 18.5 Å². The molecule has 1 aliphatic heterocycles. The first-order chi connectivity index (χ1) is 15.0. The molecule has 32 heavy (non-hydrogen) atoms. The van der Waals surface area contributed by atoms with E-state index in [0.717, 1.165) is 33.8 Å². The van der Waals surface area contributed by atoms with Gasteiger partial charge >= 0.3 is 23.9 Å². The van der Waals surface area contributed by atoms with Gasteiger partial charge in [0.15, 0.2) is 23.7 Å². The Morgan fingerprint density at radius 3 is 1.94 bits per heavy atom. The van der Waals surface area contributed by atoms with Crippen molar-refractivity contribution in [2.45, 2.75) is 58.4 Å². The van der Waals surface area contributed by atoms with E-state index in [0.29, 0.717) is 0 Å². The molecular weight excluding hydrogens is 432 g/mol. The lowest BCUT2D eigenvalue weighted by atomic mass is 9.98.